The second-order valence-corrected chi connectivity index (χ2v) is 22.4. The number of allylic oxidation sites excluding steroid dienone is 18. The molecule has 0 heterocycles. The van der Waals surface area contributed by atoms with Crippen LogP contribution in [0.1, 0.15) is 323 Å². The van der Waals surface area contributed by atoms with Gasteiger partial charge in [-0.25, -0.2) is 0 Å². The first-order valence-corrected chi connectivity index (χ1v) is 33.9. The number of hydrogen-bond acceptors (Lipinski definition) is 6. The van der Waals surface area contributed by atoms with Crippen molar-refractivity contribution in [3.8, 4) is 0 Å². The van der Waals surface area contributed by atoms with Gasteiger partial charge in [-0.15, -0.1) is 0 Å². The van der Waals surface area contributed by atoms with Gasteiger partial charge in [-0.2, -0.15) is 0 Å². The smallest absolute Gasteiger partial charge is 0.306 e. The maximum Gasteiger partial charge on any atom is 0.306 e. The monoisotopic (exact) mass is 1110 g/mol. The van der Waals surface area contributed by atoms with E-state index in [1.807, 2.05) is 0 Å². The molecule has 0 fully saturated rings. The Morgan fingerprint density at radius 2 is 0.500 bits per heavy atom. The minimum absolute atomic E-state index is 0.104. The summed E-state index contributed by atoms with van der Waals surface area (Å²) >= 11 is 0. The first-order valence-electron chi connectivity index (χ1n) is 33.9. The van der Waals surface area contributed by atoms with Crippen LogP contribution in [0.25, 0.3) is 0 Å². The van der Waals surface area contributed by atoms with Crippen LogP contribution in [0.15, 0.2) is 109 Å². The number of hydrogen-bond donors (Lipinski definition) is 0. The van der Waals surface area contributed by atoms with E-state index in [1.54, 1.807) is 0 Å². The molecule has 0 radical (unpaired) electrons. The van der Waals surface area contributed by atoms with Crippen molar-refractivity contribution in [3.05, 3.63) is 109 Å². The molecule has 1 unspecified atom stereocenters. The lowest BCUT2D eigenvalue weighted by Gasteiger charge is -2.18. The second-order valence-electron chi connectivity index (χ2n) is 22.4. The van der Waals surface area contributed by atoms with Crippen molar-refractivity contribution in [2.24, 2.45) is 0 Å². The zero-order chi connectivity index (χ0) is 57.8. The molecule has 0 N–H and O–H groups in total. The third-order valence-electron chi connectivity index (χ3n) is 14.5. The average molecular weight is 1110 g/mol. The minimum Gasteiger partial charge on any atom is -0.462 e. The van der Waals surface area contributed by atoms with E-state index < -0.39 is 6.10 Å². The van der Waals surface area contributed by atoms with Crippen molar-refractivity contribution < 1.29 is 28.6 Å². The molecule has 0 amide bonds. The van der Waals surface area contributed by atoms with Crippen molar-refractivity contribution in [2.45, 2.75) is 329 Å². The maximum atomic E-state index is 12.9. The predicted molar refractivity (Wildman–Crippen MR) is 348 cm³/mol. The summed E-state index contributed by atoms with van der Waals surface area (Å²) in [6, 6.07) is 0. The Balaban J connectivity index is 4.43. The van der Waals surface area contributed by atoms with Gasteiger partial charge in [-0.3, -0.25) is 14.4 Å². The van der Waals surface area contributed by atoms with E-state index in [9.17, 15) is 14.4 Å². The number of carbonyl (C=O) groups is 3. The second kappa shape index (κ2) is 67.6. The van der Waals surface area contributed by atoms with Gasteiger partial charge in [0.1, 0.15) is 13.2 Å². The third-order valence-corrected chi connectivity index (χ3v) is 14.5. The average Bonchev–Trinajstić information content (AvgIpc) is 3.46. The van der Waals surface area contributed by atoms with E-state index in [0.29, 0.717) is 19.3 Å². The van der Waals surface area contributed by atoms with Crippen molar-refractivity contribution in [1.82, 2.24) is 0 Å². The molecule has 458 valence electrons. The van der Waals surface area contributed by atoms with Crippen molar-refractivity contribution in [1.29, 1.82) is 0 Å². The summed E-state index contributed by atoms with van der Waals surface area (Å²) in [4.78, 5) is 38.4. The Morgan fingerprint density at radius 1 is 0.263 bits per heavy atom. The molecule has 6 heteroatoms. The molecule has 80 heavy (non-hydrogen) atoms. The minimum atomic E-state index is -0.817. The topological polar surface area (TPSA) is 78.9 Å². The van der Waals surface area contributed by atoms with E-state index in [-0.39, 0.29) is 37.5 Å². The predicted octanol–water partition coefficient (Wildman–Crippen LogP) is 23.4. The molecule has 0 aliphatic heterocycles. The summed E-state index contributed by atoms with van der Waals surface area (Å²) in [6.07, 6.45) is 92.6. The number of rotatable bonds is 61. The van der Waals surface area contributed by atoms with Crippen LogP contribution < -0.4 is 0 Å². The highest BCUT2D eigenvalue weighted by Crippen LogP contribution is 2.17. The summed E-state index contributed by atoms with van der Waals surface area (Å²) in [6.45, 7) is 6.48. The zero-order valence-corrected chi connectivity index (χ0v) is 52.6. The first-order chi connectivity index (χ1) is 39.5. The van der Waals surface area contributed by atoms with Crippen LogP contribution in [-0.4, -0.2) is 37.2 Å². The fourth-order valence-electron chi connectivity index (χ4n) is 9.46. The van der Waals surface area contributed by atoms with Gasteiger partial charge in [0, 0.05) is 19.3 Å². The lowest BCUT2D eigenvalue weighted by Crippen LogP contribution is -2.30. The standard InChI is InChI=1S/C74H126O6/c1-4-7-10-13-16-19-22-25-28-30-32-34-36-38-39-41-43-46-49-52-55-58-61-64-67-73(76)79-70-71(69-78-72(75)66-63-60-57-54-51-48-45-27-24-21-18-15-12-9-6-3)80-74(77)68-65-62-59-56-53-50-47-44-42-40-37-35-33-31-29-26-23-20-17-14-11-8-5-2/h8,11,17-18,20-21,26-27,29,33,35,40,42,45,47,50,56,59,71H,4-7,9-10,12-16,19,22-25,28,30-32,34,36-39,41,43-44,46,48-49,51-55,57-58,60-70H2,1-3H3/b11-8-,20-17-,21-18-,29-26-,35-33-,42-40-,45-27-,50-47-,59-56-. The highest BCUT2D eigenvalue weighted by molar-refractivity contribution is 5.71. The van der Waals surface area contributed by atoms with E-state index in [1.165, 1.54) is 161 Å². The Labute approximate surface area is 495 Å². The fourth-order valence-corrected chi connectivity index (χ4v) is 9.46. The molecule has 0 bridgehead atoms. The Hall–Kier alpha value is -3.93. The van der Waals surface area contributed by atoms with Gasteiger partial charge < -0.3 is 14.2 Å². The molecule has 0 aliphatic rings. The van der Waals surface area contributed by atoms with Gasteiger partial charge in [0.15, 0.2) is 6.10 Å². The van der Waals surface area contributed by atoms with Crippen molar-refractivity contribution in [3.63, 3.8) is 0 Å². The van der Waals surface area contributed by atoms with Gasteiger partial charge >= 0.3 is 17.9 Å². The Morgan fingerprint density at radius 3 is 0.825 bits per heavy atom. The third kappa shape index (κ3) is 64.9. The normalized spacial score (nSPS) is 12.8. The zero-order valence-electron chi connectivity index (χ0n) is 52.6. The number of carbonyl (C=O) groups excluding carboxylic acids is 3. The molecule has 0 saturated carbocycles. The molecule has 0 rings (SSSR count). The molecule has 0 aliphatic carbocycles. The lowest BCUT2D eigenvalue weighted by molar-refractivity contribution is -0.167. The van der Waals surface area contributed by atoms with Crippen LogP contribution in [0.2, 0.25) is 0 Å². The van der Waals surface area contributed by atoms with Crippen LogP contribution >= 0.6 is 0 Å². The van der Waals surface area contributed by atoms with Crippen LogP contribution in [-0.2, 0) is 28.6 Å². The van der Waals surface area contributed by atoms with Gasteiger partial charge in [-0.1, -0.05) is 310 Å². The molecular weight excluding hydrogens is 985 g/mol. The van der Waals surface area contributed by atoms with E-state index in [4.69, 9.17) is 14.2 Å². The molecule has 6 nitrogen and oxygen atoms in total. The quantitative estimate of drug-likeness (QED) is 0.0261. The number of ether oxygens (including phenoxy) is 3. The largest absolute Gasteiger partial charge is 0.462 e. The van der Waals surface area contributed by atoms with Gasteiger partial charge in [-0.05, 0) is 103 Å². The molecule has 0 aromatic heterocycles. The lowest BCUT2D eigenvalue weighted by atomic mass is 10.0. The summed E-state index contributed by atoms with van der Waals surface area (Å²) in [5, 5.41) is 0. The number of unbranched alkanes of at least 4 members (excludes halogenated alkanes) is 32. The van der Waals surface area contributed by atoms with E-state index in [2.05, 4.69) is 130 Å². The van der Waals surface area contributed by atoms with E-state index in [0.717, 1.165) is 116 Å². The molecule has 1 atom stereocenters. The molecule has 0 aromatic carbocycles. The van der Waals surface area contributed by atoms with Crippen LogP contribution in [0.5, 0.6) is 0 Å². The number of esters is 3. The summed E-state index contributed by atoms with van der Waals surface area (Å²) in [5.41, 5.74) is 0. The SMILES string of the molecule is CC/C=C\C/C=C\C/C=C\C/C=C\C/C=C\C/C=C\C/C=C\CCCC(=O)OC(COC(=O)CCCCCCC/C=C\C/C=C\CCCCC)COC(=O)CCCCCCCCCCCCCCCCCCCCCCCCCC. The summed E-state index contributed by atoms with van der Waals surface area (Å²) < 4.78 is 16.9. The van der Waals surface area contributed by atoms with Gasteiger partial charge in [0.05, 0.1) is 0 Å². The van der Waals surface area contributed by atoms with Crippen molar-refractivity contribution >= 4 is 17.9 Å². The Bertz CT molecular complexity index is 1610. The summed E-state index contributed by atoms with van der Waals surface area (Å²) in [5.74, 6) is -0.968. The van der Waals surface area contributed by atoms with Crippen LogP contribution in [0.4, 0.5) is 0 Å². The van der Waals surface area contributed by atoms with Crippen LogP contribution in [0.3, 0.4) is 0 Å². The highest BCUT2D eigenvalue weighted by Gasteiger charge is 2.19. The Kier molecular flexibility index (Phi) is 64.3. The summed E-state index contributed by atoms with van der Waals surface area (Å²) in [7, 11) is 0. The van der Waals surface area contributed by atoms with Gasteiger partial charge in [0.2, 0.25) is 0 Å². The molecular formula is C74H126O6. The molecule has 0 saturated heterocycles. The van der Waals surface area contributed by atoms with Gasteiger partial charge in [0.25, 0.3) is 0 Å². The first kappa shape index (κ1) is 76.1. The molecule has 0 spiro atoms. The maximum absolute atomic E-state index is 12.9. The fraction of sp³-hybridized carbons (Fsp3) is 0.716. The van der Waals surface area contributed by atoms with Crippen molar-refractivity contribution in [2.75, 3.05) is 13.2 Å². The van der Waals surface area contributed by atoms with Crippen LogP contribution in [0, 0.1) is 0 Å². The van der Waals surface area contributed by atoms with E-state index >= 15 is 0 Å². The molecule has 0 aromatic rings. The highest BCUT2D eigenvalue weighted by atomic mass is 16.6.